The number of pyridine rings is 1. The quantitative estimate of drug-likeness (QED) is 0.730. The van der Waals surface area contributed by atoms with Crippen molar-refractivity contribution in [1.82, 2.24) is 9.88 Å². The molecule has 1 heterocycles. The number of rotatable bonds is 8. The highest BCUT2D eigenvalue weighted by Gasteiger charge is 2.16. The van der Waals surface area contributed by atoms with Crippen molar-refractivity contribution >= 4 is 11.7 Å². The Morgan fingerprint density at radius 3 is 2.70 bits per heavy atom. The predicted molar refractivity (Wildman–Crippen MR) is 81.3 cm³/mol. The van der Waals surface area contributed by atoms with Crippen LogP contribution in [-0.4, -0.2) is 56.7 Å². The molecule has 1 aromatic heterocycles. The maximum atomic E-state index is 12.6. The summed E-state index contributed by atoms with van der Waals surface area (Å²) in [7, 11) is 5.48. The largest absolute Gasteiger partial charge is 0.383 e. The first-order valence-electron chi connectivity index (χ1n) is 7.01. The van der Waals surface area contributed by atoms with Gasteiger partial charge < -0.3 is 14.5 Å². The van der Waals surface area contributed by atoms with Gasteiger partial charge in [0.1, 0.15) is 5.82 Å². The number of unbranched alkanes of at least 4 members (excludes halogenated alkanes) is 1. The molecule has 0 saturated heterocycles. The molecule has 5 heteroatoms. The summed E-state index contributed by atoms with van der Waals surface area (Å²) >= 11 is 0. The van der Waals surface area contributed by atoms with Gasteiger partial charge in [-0.1, -0.05) is 13.3 Å². The smallest absolute Gasteiger partial charge is 0.254 e. The Hall–Kier alpha value is -1.62. The van der Waals surface area contributed by atoms with Gasteiger partial charge in [0.2, 0.25) is 0 Å². The molecule has 112 valence electrons. The van der Waals surface area contributed by atoms with Crippen molar-refractivity contribution in [2.24, 2.45) is 0 Å². The monoisotopic (exact) mass is 279 g/mol. The highest BCUT2D eigenvalue weighted by molar-refractivity contribution is 5.94. The molecule has 0 spiro atoms. The zero-order chi connectivity index (χ0) is 15.0. The molecule has 1 amide bonds. The van der Waals surface area contributed by atoms with E-state index in [2.05, 4.69) is 11.9 Å². The van der Waals surface area contributed by atoms with Crippen LogP contribution in [0.1, 0.15) is 30.1 Å². The second-order valence-corrected chi connectivity index (χ2v) is 4.94. The van der Waals surface area contributed by atoms with Crippen molar-refractivity contribution < 1.29 is 9.53 Å². The summed E-state index contributed by atoms with van der Waals surface area (Å²) in [5.74, 6) is 0.832. The molecule has 0 bridgehead atoms. The third kappa shape index (κ3) is 4.81. The lowest BCUT2D eigenvalue weighted by molar-refractivity contribution is 0.0693. The zero-order valence-corrected chi connectivity index (χ0v) is 12.9. The fourth-order valence-corrected chi connectivity index (χ4v) is 1.84. The lowest BCUT2D eigenvalue weighted by atomic mass is 10.2. The first-order valence-corrected chi connectivity index (χ1v) is 7.01. The van der Waals surface area contributed by atoms with Gasteiger partial charge in [0, 0.05) is 46.1 Å². The molecule has 1 rings (SSSR count). The number of amides is 1. The van der Waals surface area contributed by atoms with E-state index in [4.69, 9.17) is 4.74 Å². The van der Waals surface area contributed by atoms with E-state index in [9.17, 15) is 4.79 Å². The molecule has 1 aromatic rings. The summed E-state index contributed by atoms with van der Waals surface area (Å²) in [4.78, 5) is 20.5. The minimum Gasteiger partial charge on any atom is -0.383 e. The topological polar surface area (TPSA) is 45.7 Å². The van der Waals surface area contributed by atoms with E-state index in [1.807, 2.05) is 30.0 Å². The Kier molecular flexibility index (Phi) is 7.01. The van der Waals surface area contributed by atoms with E-state index in [1.54, 1.807) is 19.4 Å². The minimum absolute atomic E-state index is 0.0426. The van der Waals surface area contributed by atoms with E-state index in [0.29, 0.717) is 18.7 Å². The number of hydrogen-bond donors (Lipinski definition) is 0. The van der Waals surface area contributed by atoms with Crippen LogP contribution in [0.15, 0.2) is 18.3 Å². The molecule has 20 heavy (non-hydrogen) atoms. The molecule has 0 N–H and O–H groups in total. The molecule has 0 atom stereocenters. The van der Waals surface area contributed by atoms with Gasteiger partial charge in [-0.15, -0.1) is 0 Å². The van der Waals surface area contributed by atoms with Gasteiger partial charge in [0.25, 0.3) is 5.91 Å². The average Bonchev–Trinajstić information content (AvgIpc) is 2.47. The maximum Gasteiger partial charge on any atom is 0.254 e. The lowest BCUT2D eigenvalue weighted by Crippen LogP contribution is -2.35. The number of carbonyl (C=O) groups is 1. The van der Waals surface area contributed by atoms with E-state index in [-0.39, 0.29) is 5.91 Å². The minimum atomic E-state index is 0.0426. The molecule has 5 nitrogen and oxygen atoms in total. The first kappa shape index (κ1) is 16.4. The van der Waals surface area contributed by atoms with Crippen LogP contribution in [0.5, 0.6) is 0 Å². The number of anilines is 1. The standard InChI is InChI=1S/C15H25N3O2/c1-5-6-9-18(10-11-20-4)15(19)13-7-8-16-14(12-13)17(2)3/h7-8,12H,5-6,9-11H2,1-4H3. The van der Waals surface area contributed by atoms with Crippen LogP contribution in [0.4, 0.5) is 5.82 Å². The van der Waals surface area contributed by atoms with Gasteiger partial charge in [-0.3, -0.25) is 4.79 Å². The summed E-state index contributed by atoms with van der Waals surface area (Å²) in [6, 6.07) is 3.59. The van der Waals surface area contributed by atoms with Crippen LogP contribution < -0.4 is 4.90 Å². The summed E-state index contributed by atoms with van der Waals surface area (Å²) in [6.07, 6.45) is 3.74. The van der Waals surface area contributed by atoms with E-state index < -0.39 is 0 Å². The lowest BCUT2D eigenvalue weighted by Gasteiger charge is -2.23. The van der Waals surface area contributed by atoms with Crippen LogP contribution in [-0.2, 0) is 4.74 Å². The highest BCUT2D eigenvalue weighted by Crippen LogP contribution is 2.12. The Labute approximate surface area is 121 Å². The van der Waals surface area contributed by atoms with Crippen molar-refractivity contribution in [3.8, 4) is 0 Å². The van der Waals surface area contributed by atoms with Gasteiger partial charge in [-0.25, -0.2) is 4.98 Å². The summed E-state index contributed by atoms with van der Waals surface area (Å²) in [5, 5.41) is 0. The van der Waals surface area contributed by atoms with Gasteiger partial charge in [0.05, 0.1) is 6.61 Å². The number of nitrogens with zero attached hydrogens (tertiary/aromatic N) is 3. The van der Waals surface area contributed by atoms with Gasteiger partial charge in [-0.05, 0) is 18.6 Å². The van der Waals surface area contributed by atoms with Crippen molar-refractivity contribution in [3.05, 3.63) is 23.9 Å². The summed E-state index contributed by atoms with van der Waals surface area (Å²) in [5.41, 5.74) is 0.677. The molecule has 0 aliphatic rings. The zero-order valence-electron chi connectivity index (χ0n) is 12.9. The Morgan fingerprint density at radius 1 is 1.35 bits per heavy atom. The van der Waals surface area contributed by atoms with Crippen molar-refractivity contribution in [2.45, 2.75) is 19.8 Å². The maximum absolute atomic E-state index is 12.6. The average molecular weight is 279 g/mol. The van der Waals surface area contributed by atoms with Crippen LogP contribution in [0.2, 0.25) is 0 Å². The van der Waals surface area contributed by atoms with Crippen LogP contribution in [0.25, 0.3) is 0 Å². The van der Waals surface area contributed by atoms with E-state index >= 15 is 0 Å². The Bertz CT molecular complexity index is 413. The third-order valence-corrected chi connectivity index (χ3v) is 3.08. The number of methoxy groups -OCH3 is 1. The Morgan fingerprint density at radius 2 is 2.10 bits per heavy atom. The van der Waals surface area contributed by atoms with E-state index in [1.165, 1.54) is 0 Å². The molecule has 0 fully saturated rings. The van der Waals surface area contributed by atoms with Gasteiger partial charge in [-0.2, -0.15) is 0 Å². The van der Waals surface area contributed by atoms with Crippen LogP contribution in [0, 0.1) is 0 Å². The van der Waals surface area contributed by atoms with E-state index in [0.717, 1.165) is 25.2 Å². The van der Waals surface area contributed by atoms with Crippen LogP contribution >= 0.6 is 0 Å². The summed E-state index contributed by atoms with van der Waals surface area (Å²) in [6.45, 7) is 4.06. The molecule has 0 unspecified atom stereocenters. The van der Waals surface area contributed by atoms with Gasteiger partial charge >= 0.3 is 0 Å². The number of aromatic nitrogens is 1. The van der Waals surface area contributed by atoms with Gasteiger partial charge in [0.15, 0.2) is 0 Å². The predicted octanol–water partition coefficient (Wildman–Crippen LogP) is 2.04. The molecule has 0 aromatic carbocycles. The fourth-order valence-electron chi connectivity index (χ4n) is 1.84. The molecule has 0 aliphatic carbocycles. The third-order valence-electron chi connectivity index (χ3n) is 3.08. The molecular formula is C15H25N3O2. The second-order valence-electron chi connectivity index (χ2n) is 4.94. The molecule has 0 saturated carbocycles. The SMILES string of the molecule is CCCCN(CCOC)C(=O)c1ccnc(N(C)C)c1. The first-order chi connectivity index (χ1) is 9.60. The normalized spacial score (nSPS) is 10.4. The second kappa shape index (κ2) is 8.53. The molecule has 0 aliphatic heterocycles. The van der Waals surface area contributed by atoms with Crippen molar-refractivity contribution in [3.63, 3.8) is 0 Å². The number of ether oxygens (including phenoxy) is 1. The number of hydrogen-bond acceptors (Lipinski definition) is 4. The van der Waals surface area contributed by atoms with Crippen molar-refractivity contribution in [1.29, 1.82) is 0 Å². The summed E-state index contributed by atoms with van der Waals surface area (Å²) < 4.78 is 5.09. The molecular weight excluding hydrogens is 254 g/mol. The number of carbonyl (C=O) groups excluding carboxylic acids is 1. The van der Waals surface area contributed by atoms with Crippen LogP contribution in [0.3, 0.4) is 0 Å². The molecule has 0 radical (unpaired) electrons. The fraction of sp³-hybridized carbons (Fsp3) is 0.600. The Balaban J connectivity index is 2.84. The van der Waals surface area contributed by atoms with Crippen molar-refractivity contribution in [2.75, 3.05) is 45.8 Å². The highest BCUT2D eigenvalue weighted by atomic mass is 16.5.